The predicted molar refractivity (Wildman–Crippen MR) is 121 cm³/mol. The van der Waals surface area contributed by atoms with Gasteiger partial charge in [0, 0.05) is 24.6 Å². The van der Waals surface area contributed by atoms with Crippen LogP contribution in [0.25, 0.3) is 11.4 Å². The van der Waals surface area contributed by atoms with Crippen molar-refractivity contribution in [3.63, 3.8) is 0 Å². The number of ether oxygens (including phenoxy) is 1. The minimum absolute atomic E-state index is 0.127. The van der Waals surface area contributed by atoms with Gasteiger partial charge in [0.1, 0.15) is 5.75 Å². The van der Waals surface area contributed by atoms with Crippen LogP contribution in [0.2, 0.25) is 0 Å². The second kappa shape index (κ2) is 9.72. The van der Waals surface area contributed by atoms with Crippen LogP contribution in [0.1, 0.15) is 24.3 Å². The number of carbonyl (C=O) groups excluding carboxylic acids is 1. The lowest BCUT2D eigenvalue weighted by Gasteiger charge is -2.30. The smallest absolute Gasteiger partial charge is 0.246 e. The molecule has 1 aliphatic heterocycles. The Bertz CT molecular complexity index is 1220. The lowest BCUT2D eigenvalue weighted by molar-refractivity contribution is -0.126. The molecule has 9 nitrogen and oxygen atoms in total. The molecule has 1 aliphatic rings. The Morgan fingerprint density at radius 3 is 2.52 bits per heavy atom. The fourth-order valence-electron chi connectivity index (χ4n) is 3.82. The van der Waals surface area contributed by atoms with Gasteiger partial charge in [0.05, 0.1) is 18.6 Å². The zero-order chi connectivity index (χ0) is 23.4. The third kappa shape index (κ3) is 5.07. The molecule has 33 heavy (non-hydrogen) atoms. The minimum atomic E-state index is -3.61. The summed E-state index contributed by atoms with van der Waals surface area (Å²) in [5.41, 5.74) is 1.91. The van der Waals surface area contributed by atoms with Crippen LogP contribution in [0.15, 0.2) is 57.9 Å². The van der Waals surface area contributed by atoms with Crippen LogP contribution in [0.4, 0.5) is 0 Å². The highest BCUT2D eigenvalue weighted by Gasteiger charge is 2.32. The van der Waals surface area contributed by atoms with Gasteiger partial charge in [-0.15, -0.1) is 0 Å². The summed E-state index contributed by atoms with van der Waals surface area (Å²) in [5.74, 6) is 0.977. The average molecular weight is 471 g/mol. The summed E-state index contributed by atoms with van der Waals surface area (Å²) in [6.07, 6.45) is 0.888. The molecule has 1 N–H and O–H groups in total. The van der Waals surface area contributed by atoms with Gasteiger partial charge in [-0.2, -0.15) is 9.29 Å². The molecular weight excluding hydrogens is 444 g/mol. The zero-order valence-corrected chi connectivity index (χ0v) is 19.3. The quantitative estimate of drug-likeness (QED) is 0.565. The normalized spacial score (nSPS) is 15.3. The number of carbonyl (C=O) groups is 1. The highest BCUT2D eigenvalue weighted by molar-refractivity contribution is 7.89. The Hall–Kier alpha value is -3.24. The van der Waals surface area contributed by atoms with Crippen LogP contribution in [-0.4, -0.2) is 49.0 Å². The van der Waals surface area contributed by atoms with Gasteiger partial charge in [0.15, 0.2) is 0 Å². The summed E-state index contributed by atoms with van der Waals surface area (Å²) in [7, 11) is -2.08. The van der Waals surface area contributed by atoms with Gasteiger partial charge in [-0.3, -0.25) is 4.79 Å². The van der Waals surface area contributed by atoms with E-state index < -0.39 is 10.0 Å². The Kier molecular flexibility index (Phi) is 6.75. The van der Waals surface area contributed by atoms with Gasteiger partial charge >= 0.3 is 0 Å². The van der Waals surface area contributed by atoms with Gasteiger partial charge in [0.25, 0.3) is 0 Å². The first-order valence-electron chi connectivity index (χ1n) is 10.7. The van der Waals surface area contributed by atoms with E-state index >= 15 is 0 Å². The summed E-state index contributed by atoms with van der Waals surface area (Å²) < 4.78 is 37.5. The SMILES string of the molecule is COc1ccc(S(=O)(=O)N2CCC(C(=O)NCc3nc(-c4ccccc4C)no3)CC2)cc1. The van der Waals surface area contributed by atoms with Gasteiger partial charge in [-0.05, 0) is 49.6 Å². The largest absolute Gasteiger partial charge is 0.497 e. The van der Waals surface area contributed by atoms with Crippen LogP contribution < -0.4 is 10.1 Å². The maximum Gasteiger partial charge on any atom is 0.246 e. The van der Waals surface area contributed by atoms with Crippen molar-refractivity contribution in [2.45, 2.75) is 31.2 Å². The average Bonchev–Trinajstić information content (AvgIpc) is 3.31. The third-order valence-electron chi connectivity index (χ3n) is 5.79. The number of benzene rings is 2. The topological polar surface area (TPSA) is 115 Å². The minimum Gasteiger partial charge on any atom is -0.497 e. The molecule has 1 saturated heterocycles. The molecule has 2 heterocycles. The van der Waals surface area contributed by atoms with E-state index in [0.717, 1.165) is 11.1 Å². The zero-order valence-electron chi connectivity index (χ0n) is 18.5. The highest BCUT2D eigenvalue weighted by Crippen LogP contribution is 2.25. The molecular formula is C23H26N4O5S. The van der Waals surface area contributed by atoms with Crippen molar-refractivity contribution < 1.29 is 22.5 Å². The van der Waals surface area contributed by atoms with E-state index in [9.17, 15) is 13.2 Å². The second-order valence-corrected chi connectivity index (χ2v) is 9.84. The van der Waals surface area contributed by atoms with Crippen molar-refractivity contribution >= 4 is 15.9 Å². The fraction of sp³-hybridized carbons (Fsp3) is 0.348. The van der Waals surface area contributed by atoms with E-state index in [2.05, 4.69) is 15.5 Å². The molecule has 174 valence electrons. The molecule has 10 heteroatoms. The van der Waals surface area contributed by atoms with Crippen LogP contribution >= 0.6 is 0 Å². The van der Waals surface area contributed by atoms with Crippen molar-refractivity contribution in [2.24, 2.45) is 5.92 Å². The number of sulfonamides is 1. The number of aryl methyl sites for hydroxylation is 1. The van der Waals surface area contributed by atoms with Crippen molar-refractivity contribution in [3.05, 3.63) is 60.0 Å². The summed E-state index contributed by atoms with van der Waals surface area (Å²) in [4.78, 5) is 17.2. The number of aromatic nitrogens is 2. The fourth-order valence-corrected chi connectivity index (χ4v) is 5.29. The Morgan fingerprint density at radius 1 is 1.15 bits per heavy atom. The summed E-state index contributed by atoms with van der Waals surface area (Å²) >= 11 is 0. The number of hydrogen-bond acceptors (Lipinski definition) is 7. The number of nitrogens with one attached hydrogen (secondary N) is 1. The Labute approximate surface area is 192 Å². The first-order chi connectivity index (χ1) is 15.9. The van der Waals surface area contributed by atoms with Gasteiger partial charge in [-0.1, -0.05) is 29.4 Å². The maximum atomic E-state index is 12.9. The molecule has 0 saturated carbocycles. The summed E-state index contributed by atoms with van der Waals surface area (Å²) in [6, 6.07) is 14.0. The molecule has 0 atom stereocenters. The number of nitrogens with zero attached hydrogens (tertiary/aromatic N) is 3. The van der Waals surface area contributed by atoms with E-state index in [1.54, 1.807) is 12.1 Å². The lowest BCUT2D eigenvalue weighted by Crippen LogP contribution is -2.42. The number of rotatable bonds is 7. The van der Waals surface area contributed by atoms with Crippen LogP contribution in [0, 0.1) is 12.8 Å². The van der Waals surface area contributed by atoms with Gasteiger partial charge < -0.3 is 14.6 Å². The molecule has 0 spiro atoms. The standard InChI is InChI=1S/C23H26N4O5S/c1-16-5-3-4-6-20(16)22-25-21(32-26-22)15-24-23(28)17-11-13-27(14-12-17)33(29,30)19-9-7-18(31-2)8-10-19/h3-10,17H,11-15H2,1-2H3,(H,24,28). The Balaban J connectivity index is 1.30. The molecule has 1 aromatic heterocycles. The molecule has 3 aromatic rings. The number of piperidine rings is 1. The van der Waals surface area contributed by atoms with Crippen molar-refractivity contribution in [3.8, 4) is 17.1 Å². The number of amides is 1. The number of hydrogen-bond donors (Lipinski definition) is 1. The van der Waals surface area contributed by atoms with Gasteiger partial charge in [-0.25, -0.2) is 8.42 Å². The Morgan fingerprint density at radius 2 is 1.85 bits per heavy atom. The molecule has 0 aliphatic carbocycles. The van der Waals surface area contributed by atoms with E-state index in [0.29, 0.717) is 30.3 Å². The third-order valence-corrected chi connectivity index (χ3v) is 7.70. The predicted octanol–water partition coefficient (Wildman–Crippen LogP) is 2.77. The molecule has 0 unspecified atom stereocenters. The summed E-state index contributed by atoms with van der Waals surface area (Å²) in [5, 5.41) is 6.82. The van der Waals surface area contributed by atoms with E-state index in [1.165, 1.54) is 23.5 Å². The number of methoxy groups -OCH3 is 1. The molecule has 4 rings (SSSR count). The van der Waals surface area contributed by atoms with E-state index in [-0.39, 0.29) is 36.4 Å². The second-order valence-electron chi connectivity index (χ2n) is 7.90. The van der Waals surface area contributed by atoms with Crippen LogP contribution in [0.3, 0.4) is 0 Å². The molecule has 1 fully saturated rings. The summed E-state index contributed by atoms with van der Waals surface area (Å²) in [6.45, 7) is 2.66. The molecule has 0 radical (unpaired) electrons. The highest BCUT2D eigenvalue weighted by atomic mass is 32.2. The van der Waals surface area contributed by atoms with E-state index in [4.69, 9.17) is 9.26 Å². The first kappa shape index (κ1) is 22.9. The van der Waals surface area contributed by atoms with Crippen LogP contribution in [0.5, 0.6) is 5.75 Å². The monoisotopic (exact) mass is 470 g/mol. The maximum absolute atomic E-state index is 12.9. The first-order valence-corrected chi connectivity index (χ1v) is 12.1. The molecule has 1 amide bonds. The van der Waals surface area contributed by atoms with Gasteiger partial charge in [0.2, 0.25) is 27.6 Å². The van der Waals surface area contributed by atoms with Crippen LogP contribution in [-0.2, 0) is 21.4 Å². The molecule has 2 aromatic carbocycles. The molecule has 0 bridgehead atoms. The van der Waals surface area contributed by atoms with E-state index in [1.807, 2.05) is 31.2 Å². The lowest BCUT2D eigenvalue weighted by atomic mass is 9.97. The van der Waals surface area contributed by atoms with Crippen molar-refractivity contribution in [2.75, 3.05) is 20.2 Å². The van der Waals surface area contributed by atoms with Crippen molar-refractivity contribution in [1.82, 2.24) is 19.8 Å². The van der Waals surface area contributed by atoms with Crippen molar-refractivity contribution in [1.29, 1.82) is 0 Å².